The third-order valence-corrected chi connectivity index (χ3v) is 4.37. The van der Waals surface area contributed by atoms with E-state index in [1.165, 1.54) is 31.9 Å². The molecule has 3 rings (SSSR count). The number of rotatable bonds is 1. The predicted molar refractivity (Wildman–Crippen MR) is 70.2 cm³/mol. The maximum absolute atomic E-state index is 13.2. The Balaban J connectivity index is 1.74. The molecular weight excluding hydrogens is 229 g/mol. The topological polar surface area (TPSA) is 19.4 Å². The number of pyridine rings is 1. The lowest BCUT2D eigenvalue weighted by atomic mass is 9.84. The normalized spacial score (nSPS) is 29.1. The van der Waals surface area contributed by atoms with Gasteiger partial charge < -0.3 is 9.80 Å². The number of fused-ring (bicyclic) bond motifs is 1. The van der Waals surface area contributed by atoms with Crippen LogP contribution in [0.1, 0.15) is 19.3 Å². The van der Waals surface area contributed by atoms with Crippen LogP contribution in [0.3, 0.4) is 0 Å². The first kappa shape index (κ1) is 11.9. The van der Waals surface area contributed by atoms with E-state index < -0.39 is 0 Å². The highest BCUT2D eigenvalue weighted by molar-refractivity contribution is 5.38. The van der Waals surface area contributed by atoms with E-state index in [1.807, 2.05) is 6.07 Å². The van der Waals surface area contributed by atoms with Crippen molar-refractivity contribution in [1.29, 1.82) is 0 Å². The Kier molecular flexibility index (Phi) is 3.20. The molecule has 2 aliphatic heterocycles. The Labute approximate surface area is 108 Å². The van der Waals surface area contributed by atoms with E-state index in [2.05, 4.69) is 21.8 Å². The van der Waals surface area contributed by atoms with Gasteiger partial charge >= 0.3 is 0 Å². The molecule has 0 bridgehead atoms. The fourth-order valence-electron chi connectivity index (χ4n) is 3.43. The van der Waals surface area contributed by atoms with E-state index in [-0.39, 0.29) is 5.95 Å². The largest absolute Gasteiger partial charge is 0.356 e. The number of anilines is 1. The van der Waals surface area contributed by atoms with Crippen molar-refractivity contribution >= 4 is 5.82 Å². The predicted octanol–water partition coefficient (Wildman–Crippen LogP) is 2.14. The minimum atomic E-state index is -0.379. The standard InChI is InChI=1S/C14H20FN3/c1-17-8-3-4-11-10-18(9-7-12(11)17)14-6-2-5-13(15)16-14/h2,5-6,11-12H,3-4,7-10H2,1H3. The van der Waals surface area contributed by atoms with Gasteiger partial charge in [-0.15, -0.1) is 0 Å². The molecule has 2 fully saturated rings. The summed E-state index contributed by atoms with van der Waals surface area (Å²) in [6.07, 6.45) is 3.74. The summed E-state index contributed by atoms with van der Waals surface area (Å²) in [7, 11) is 2.23. The van der Waals surface area contributed by atoms with Crippen molar-refractivity contribution in [2.24, 2.45) is 5.92 Å². The van der Waals surface area contributed by atoms with Crippen LogP contribution >= 0.6 is 0 Å². The second-order valence-electron chi connectivity index (χ2n) is 5.50. The van der Waals surface area contributed by atoms with E-state index in [0.717, 1.165) is 18.9 Å². The molecule has 3 heterocycles. The lowest BCUT2D eigenvalue weighted by Crippen LogP contribution is -2.52. The van der Waals surface area contributed by atoms with E-state index in [4.69, 9.17) is 0 Å². The molecule has 0 N–H and O–H groups in total. The maximum atomic E-state index is 13.2. The number of hydrogen-bond acceptors (Lipinski definition) is 3. The number of aromatic nitrogens is 1. The van der Waals surface area contributed by atoms with Crippen LogP contribution in [0.25, 0.3) is 0 Å². The molecule has 2 unspecified atom stereocenters. The monoisotopic (exact) mass is 249 g/mol. The van der Waals surface area contributed by atoms with Crippen molar-refractivity contribution in [3.63, 3.8) is 0 Å². The summed E-state index contributed by atoms with van der Waals surface area (Å²) >= 11 is 0. The molecule has 0 aromatic carbocycles. The van der Waals surface area contributed by atoms with Crippen molar-refractivity contribution < 1.29 is 4.39 Å². The van der Waals surface area contributed by atoms with Gasteiger partial charge in [0, 0.05) is 19.1 Å². The van der Waals surface area contributed by atoms with Gasteiger partial charge in [0.25, 0.3) is 0 Å². The Morgan fingerprint density at radius 3 is 3.00 bits per heavy atom. The van der Waals surface area contributed by atoms with Crippen LogP contribution in [0.5, 0.6) is 0 Å². The average Bonchev–Trinajstić information content (AvgIpc) is 2.39. The molecule has 3 nitrogen and oxygen atoms in total. The summed E-state index contributed by atoms with van der Waals surface area (Å²) < 4.78 is 13.2. The first-order valence-corrected chi connectivity index (χ1v) is 6.82. The molecule has 2 atom stereocenters. The summed E-state index contributed by atoms with van der Waals surface area (Å²) in [6, 6.07) is 5.78. The second-order valence-corrected chi connectivity index (χ2v) is 5.50. The van der Waals surface area contributed by atoms with Gasteiger partial charge in [-0.05, 0) is 50.9 Å². The smallest absolute Gasteiger partial charge is 0.214 e. The fraction of sp³-hybridized carbons (Fsp3) is 0.643. The van der Waals surface area contributed by atoms with Crippen molar-refractivity contribution in [2.45, 2.75) is 25.3 Å². The Morgan fingerprint density at radius 2 is 2.17 bits per heavy atom. The molecule has 0 amide bonds. The van der Waals surface area contributed by atoms with Gasteiger partial charge in [-0.3, -0.25) is 0 Å². The van der Waals surface area contributed by atoms with Crippen LogP contribution in [-0.4, -0.2) is 42.6 Å². The zero-order valence-corrected chi connectivity index (χ0v) is 10.8. The van der Waals surface area contributed by atoms with Gasteiger partial charge in [0.2, 0.25) is 5.95 Å². The fourth-order valence-corrected chi connectivity index (χ4v) is 3.43. The maximum Gasteiger partial charge on any atom is 0.214 e. The zero-order valence-electron chi connectivity index (χ0n) is 10.8. The third kappa shape index (κ3) is 2.21. The van der Waals surface area contributed by atoms with E-state index in [9.17, 15) is 4.39 Å². The third-order valence-electron chi connectivity index (χ3n) is 4.37. The highest BCUT2D eigenvalue weighted by Gasteiger charge is 2.34. The number of likely N-dealkylation sites (tertiary alicyclic amines) is 1. The summed E-state index contributed by atoms with van der Waals surface area (Å²) in [4.78, 5) is 8.73. The highest BCUT2D eigenvalue weighted by atomic mass is 19.1. The van der Waals surface area contributed by atoms with Gasteiger partial charge in [-0.1, -0.05) is 6.07 Å². The first-order valence-electron chi connectivity index (χ1n) is 6.82. The molecule has 1 aromatic heterocycles. The first-order chi connectivity index (χ1) is 8.74. The van der Waals surface area contributed by atoms with Gasteiger partial charge in [-0.2, -0.15) is 4.39 Å². The Hall–Kier alpha value is -1.16. The summed E-state index contributed by atoms with van der Waals surface area (Å²) in [5, 5.41) is 0. The molecule has 2 aliphatic rings. The van der Waals surface area contributed by atoms with E-state index >= 15 is 0 Å². The minimum absolute atomic E-state index is 0.379. The van der Waals surface area contributed by atoms with E-state index in [1.54, 1.807) is 6.07 Å². The molecule has 18 heavy (non-hydrogen) atoms. The van der Waals surface area contributed by atoms with Crippen LogP contribution in [0.2, 0.25) is 0 Å². The highest BCUT2D eigenvalue weighted by Crippen LogP contribution is 2.31. The summed E-state index contributed by atoms with van der Waals surface area (Å²) in [5.41, 5.74) is 0. The van der Waals surface area contributed by atoms with Crippen molar-refractivity contribution in [3.8, 4) is 0 Å². The molecule has 1 aromatic rings. The van der Waals surface area contributed by atoms with Crippen molar-refractivity contribution in [1.82, 2.24) is 9.88 Å². The summed E-state index contributed by atoms with van der Waals surface area (Å²) in [5.74, 6) is 1.12. The Bertz CT molecular complexity index is 423. The summed E-state index contributed by atoms with van der Waals surface area (Å²) in [6.45, 7) is 3.23. The van der Waals surface area contributed by atoms with Crippen LogP contribution < -0.4 is 4.90 Å². The van der Waals surface area contributed by atoms with Gasteiger partial charge in [0.05, 0.1) is 0 Å². The molecule has 2 saturated heterocycles. The second kappa shape index (κ2) is 4.84. The molecule has 0 aliphatic carbocycles. The number of halogens is 1. The molecule has 0 spiro atoms. The Morgan fingerprint density at radius 1 is 1.28 bits per heavy atom. The quantitative estimate of drug-likeness (QED) is 0.711. The molecule has 98 valence electrons. The van der Waals surface area contributed by atoms with Crippen molar-refractivity contribution in [3.05, 3.63) is 24.1 Å². The van der Waals surface area contributed by atoms with Gasteiger partial charge in [0.1, 0.15) is 5.82 Å². The SMILES string of the molecule is CN1CCCC2CN(c3cccc(F)n3)CCC21. The molecule has 0 radical (unpaired) electrons. The molecule has 0 saturated carbocycles. The van der Waals surface area contributed by atoms with Crippen LogP contribution in [-0.2, 0) is 0 Å². The minimum Gasteiger partial charge on any atom is -0.356 e. The van der Waals surface area contributed by atoms with Crippen molar-refractivity contribution in [2.75, 3.05) is 31.6 Å². The average molecular weight is 249 g/mol. The lowest BCUT2D eigenvalue weighted by Gasteiger charge is -2.46. The van der Waals surface area contributed by atoms with Crippen LogP contribution in [0, 0.1) is 11.9 Å². The molecular formula is C14H20FN3. The van der Waals surface area contributed by atoms with E-state index in [0.29, 0.717) is 12.0 Å². The number of nitrogens with zero attached hydrogens (tertiary/aromatic N) is 3. The van der Waals surface area contributed by atoms with Gasteiger partial charge in [0.15, 0.2) is 0 Å². The van der Waals surface area contributed by atoms with Gasteiger partial charge in [-0.25, -0.2) is 4.98 Å². The van der Waals surface area contributed by atoms with Crippen LogP contribution in [0.15, 0.2) is 18.2 Å². The molecule has 4 heteroatoms. The number of piperidine rings is 2. The zero-order chi connectivity index (χ0) is 12.5. The lowest BCUT2D eigenvalue weighted by molar-refractivity contribution is 0.102. The number of hydrogen-bond donors (Lipinski definition) is 0. The van der Waals surface area contributed by atoms with Crippen LogP contribution in [0.4, 0.5) is 10.2 Å².